The smallest absolute Gasteiger partial charge is 0.405 e. The number of aromatic nitrogens is 1. The molecule has 0 unspecified atom stereocenters. The number of ether oxygens (including phenoxy) is 1. The van der Waals surface area contributed by atoms with Gasteiger partial charge in [-0.3, -0.25) is 0 Å². The first-order chi connectivity index (χ1) is 17.3. The molecule has 1 aliphatic carbocycles. The van der Waals surface area contributed by atoms with Gasteiger partial charge in [0.05, 0.1) is 4.91 Å². The van der Waals surface area contributed by atoms with Crippen molar-refractivity contribution >= 4 is 17.2 Å². The molecule has 2 aliphatic rings. The highest BCUT2D eigenvalue weighted by Gasteiger charge is 2.32. The maximum absolute atomic E-state index is 12.7. The molecular weight excluding hydrogens is 475 g/mol. The van der Waals surface area contributed by atoms with Crippen LogP contribution in [0.5, 0.6) is 5.75 Å². The van der Waals surface area contributed by atoms with Crippen molar-refractivity contribution in [3.63, 3.8) is 0 Å². The van der Waals surface area contributed by atoms with Crippen LogP contribution in [-0.2, 0) is 11.4 Å². The lowest BCUT2D eigenvalue weighted by Gasteiger charge is -2.34. The highest BCUT2D eigenvalue weighted by Crippen LogP contribution is 2.32. The van der Waals surface area contributed by atoms with E-state index in [1.807, 2.05) is 0 Å². The topological polar surface area (TPSA) is 78.7 Å². The Morgan fingerprint density at radius 3 is 2.53 bits per heavy atom. The van der Waals surface area contributed by atoms with Crippen LogP contribution in [0.3, 0.4) is 0 Å². The predicted octanol–water partition coefficient (Wildman–Crippen LogP) is 5.63. The standard InChI is InChI=1S/C25H33F3N5O3/c1-35-33(34)22-17-31-24(30-16-19-6-2-3-7-23(19)36-25(26,27)28)14-21(22)29-15-18-8-10-20(11-9-18)32-12-4-5-13-32/h2-3,6-7,14,17-18,20H,4-5,8-13,15-16H2,1H3,(H2,29,30,31)/q+1/t18-,20-. The summed E-state index contributed by atoms with van der Waals surface area (Å²) in [6.45, 7) is 3.20. The minimum atomic E-state index is -4.78. The van der Waals surface area contributed by atoms with Crippen LogP contribution in [-0.4, -0.2) is 54.0 Å². The van der Waals surface area contributed by atoms with E-state index in [9.17, 15) is 18.1 Å². The lowest BCUT2D eigenvalue weighted by Crippen LogP contribution is -2.37. The molecule has 11 heteroatoms. The molecule has 196 valence electrons. The third-order valence-corrected chi connectivity index (χ3v) is 6.96. The van der Waals surface area contributed by atoms with Crippen LogP contribution in [0.25, 0.3) is 0 Å². The van der Waals surface area contributed by atoms with Gasteiger partial charge in [0, 0.05) is 30.8 Å². The lowest BCUT2D eigenvalue weighted by molar-refractivity contribution is -0.736. The Labute approximate surface area is 208 Å². The van der Waals surface area contributed by atoms with Crippen LogP contribution in [0.1, 0.15) is 44.1 Å². The maximum atomic E-state index is 12.7. The number of pyridine rings is 1. The van der Waals surface area contributed by atoms with Gasteiger partial charge in [0.25, 0.3) is 4.92 Å². The average molecular weight is 509 g/mol. The Bertz CT molecular complexity index is 1020. The number of likely N-dealkylation sites (tertiary alicyclic amines) is 1. The highest BCUT2D eigenvalue weighted by atomic mass is 19.4. The van der Waals surface area contributed by atoms with Gasteiger partial charge >= 0.3 is 12.0 Å². The normalized spacial score (nSPS) is 20.7. The molecule has 2 heterocycles. The van der Waals surface area contributed by atoms with Gasteiger partial charge in [-0.15, -0.1) is 13.2 Å². The van der Waals surface area contributed by atoms with Crippen molar-refractivity contribution in [2.45, 2.75) is 57.5 Å². The molecule has 1 saturated heterocycles. The number of nitrogens with zero attached hydrogens (tertiary/aromatic N) is 3. The van der Waals surface area contributed by atoms with E-state index in [1.54, 1.807) is 18.2 Å². The predicted molar refractivity (Wildman–Crippen MR) is 130 cm³/mol. The van der Waals surface area contributed by atoms with E-state index in [0.717, 1.165) is 12.8 Å². The number of rotatable bonds is 10. The summed E-state index contributed by atoms with van der Waals surface area (Å²) >= 11 is 0. The van der Waals surface area contributed by atoms with Crippen molar-refractivity contribution < 1.29 is 27.7 Å². The maximum Gasteiger partial charge on any atom is 0.573 e. The molecule has 36 heavy (non-hydrogen) atoms. The summed E-state index contributed by atoms with van der Waals surface area (Å²) in [6.07, 6.45) is 3.83. The van der Waals surface area contributed by atoms with E-state index in [-0.39, 0.29) is 18.0 Å². The van der Waals surface area contributed by atoms with Gasteiger partial charge in [0.15, 0.2) is 7.11 Å². The third-order valence-electron chi connectivity index (χ3n) is 6.96. The van der Waals surface area contributed by atoms with E-state index < -0.39 is 6.36 Å². The van der Waals surface area contributed by atoms with Crippen molar-refractivity contribution in [2.24, 2.45) is 5.92 Å². The molecule has 0 radical (unpaired) electrons. The zero-order valence-electron chi connectivity index (χ0n) is 20.4. The van der Waals surface area contributed by atoms with Crippen LogP contribution in [0.4, 0.5) is 30.4 Å². The monoisotopic (exact) mass is 508 g/mol. The molecule has 2 N–H and O–H groups in total. The molecule has 1 aromatic heterocycles. The first-order valence-corrected chi connectivity index (χ1v) is 12.4. The zero-order chi connectivity index (χ0) is 25.5. The number of hydrogen-bond donors (Lipinski definition) is 2. The van der Waals surface area contributed by atoms with Crippen LogP contribution < -0.4 is 15.4 Å². The summed E-state index contributed by atoms with van der Waals surface area (Å²) in [4.78, 5) is 24.3. The quantitative estimate of drug-likeness (QED) is 0.403. The van der Waals surface area contributed by atoms with Crippen LogP contribution >= 0.6 is 0 Å². The number of alkyl halides is 3. The van der Waals surface area contributed by atoms with Crippen molar-refractivity contribution in [3.8, 4) is 5.75 Å². The second kappa shape index (κ2) is 11.8. The summed E-state index contributed by atoms with van der Waals surface area (Å²) in [5.41, 5.74) is 1.10. The molecule has 1 saturated carbocycles. The van der Waals surface area contributed by atoms with E-state index >= 15 is 0 Å². The number of para-hydroxylation sites is 1. The van der Waals surface area contributed by atoms with E-state index in [4.69, 9.17) is 4.84 Å². The summed E-state index contributed by atoms with van der Waals surface area (Å²) in [5.74, 6) is 0.628. The zero-order valence-corrected chi connectivity index (χ0v) is 20.4. The number of anilines is 2. The minimum Gasteiger partial charge on any atom is -0.405 e. The third kappa shape index (κ3) is 6.99. The van der Waals surface area contributed by atoms with Gasteiger partial charge in [-0.25, -0.2) is 9.82 Å². The Hall–Kier alpha value is -3.08. The largest absolute Gasteiger partial charge is 0.573 e. The fourth-order valence-corrected chi connectivity index (χ4v) is 5.07. The van der Waals surface area contributed by atoms with Gasteiger partial charge in [0.1, 0.15) is 23.5 Å². The van der Waals surface area contributed by atoms with E-state index in [2.05, 4.69) is 25.3 Å². The van der Waals surface area contributed by atoms with Crippen molar-refractivity contribution in [2.75, 3.05) is 37.4 Å². The van der Waals surface area contributed by atoms with Crippen molar-refractivity contribution in [3.05, 3.63) is 47.0 Å². The number of nitrogens with one attached hydrogen (secondary N) is 2. The van der Waals surface area contributed by atoms with Gasteiger partial charge in [-0.05, 0) is 63.6 Å². The molecule has 0 atom stereocenters. The van der Waals surface area contributed by atoms with Gasteiger partial charge in [-0.1, -0.05) is 18.2 Å². The second-order valence-corrected chi connectivity index (χ2v) is 9.33. The molecular formula is C25H33F3N5O3+. The summed E-state index contributed by atoms with van der Waals surface area (Å²) in [7, 11) is 1.28. The SMILES string of the molecule is CO[N+](=O)c1cnc(NCc2ccccc2OC(F)(F)F)cc1NC[C@H]1CC[C@H](N2CCCC2)CC1. The minimum absolute atomic E-state index is 0.0594. The molecule has 0 amide bonds. The number of benzene rings is 1. The average Bonchev–Trinajstić information content (AvgIpc) is 3.41. The summed E-state index contributed by atoms with van der Waals surface area (Å²) < 4.78 is 42.3. The van der Waals surface area contributed by atoms with E-state index in [0.29, 0.717) is 40.5 Å². The molecule has 1 aliphatic heterocycles. The molecule has 2 fully saturated rings. The van der Waals surface area contributed by atoms with Crippen LogP contribution in [0, 0.1) is 10.8 Å². The van der Waals surface area contributed by atoms with Gasteiger partial charge < -0.3 is 20.3 Å². The number of hydrogen-bond acceptors (Lipinski definition) is 7. The fourth-order valence-electron chi connectivity index (χ4n) is 5.07. The molecule has 0 bridgehead atoms. The summed E-state index contributed by atoms with van der Waals surface area (Å²) in [6, 6.07) is 8.28. The van der Waals surface area contributed by atoms with Crippen molar-refractivity contribution in [1.82, 2.24) is 9.88 Å². The van der Waals surface area contributed by atoms with Gasteiger partial charge in [0.2, 0.25) is 0 Å². The number of halogens is 3. The van der Waals surface area contributed by atoms with Gasteiger partial charge in [-0.2, -0.15) is 0 Å². The first kappa shape index (κ1) is 26.0. The Morgan fingerprint density at radius 1 is 1.11 bits per heavy atom. The van der Waals surface area contributed by atoms with Crippen LogP contribution in [0.15, 0.2) is 36.5 Å². The highest BCUT2D eigenvalue weighted by molar-refractivity contribution is 5.65. The molecule has 1 aromatic carbocycles. The Morgan fingerprint density at radius 2 is 1.83 bits per heavy atom. The molecule has 4 rings (SSSR count). The van der Waals surface area contributed by atoms with Crippen LogP contribution in [0.2, 0.25) is 0 Å². The lowest BCUT2D eigenvalue weighted by atomic mass is 9.85. The first-order valence-electron chi connectivity index (χ1n) is 12.4. The second-order valence-electron chi connectivity index (χ2n) is 9.33. The molecule has 0 spiro atoms. The van der Waals surface area contributed by atoms with E-state index in [1.165, 1.54) is 64.2 Å². The van der Waals surface area contributed by atoms with Crippen molar-refractivity contribution in [1.29, 1.82) is 0 Å². The molecule has 8 nitrogen and oxygen atoms in total. The Kier molecular flexibility index (Phi) is 8.50. The molecule has 2 aromatic rings. The summed E-state index contributed by atoms with van der Waals surface area (Å²) in [5, 5.41) is 6.40. The Balaban J connectivity index is 1.38. The fraction of sp³-hybridized carbons (Fsp3) is 0.560.